The molecule has 0 saturated heterocycles. The molecule has 0 aliphatic carbocycles. The van der Waals surface area contributed by atoms with Gasteiger partial charge in [0.25, 0.3) is 0 Å². The van der Waals surface area contributed by atoms with Crippen LogP contribution in [0.5, 0.6) is 0 Å². The van der Waals surface area contributed by atoms with Gasteiger partial charge in [0, 0.05) is 5.56 Å². The summed E-state index contributed by atoms with van der Waals surface area (Å²) in [6.07, 6.45) is 1.57. The van der Waals surface area contributed by atoms with Crippen molar-refractivity contribution in [3.63, 3.8) is 0 Å². The lowest BCUT2D eigenvalue weighted by Gasteiger charge is -2.08. The molecule has 0 aliphatic rings. The Hall–Kier alpha value is -1.97. The summed E-state index contributed by atoms with van der Waals surface area (Å²) in [5.74, 6) is 0. The van der Waals surface area contributed by atoms with Gasteiger partial charge in [-0.3, -0.25) is 0 Å². The Morgan fingerprint density at radius 3 is 2.30 bits per heavy atom. The molecule has 0 spiro atoms. The number of nitrogens with zero attached hydrogens (tertiary/aromatic N) is 3. The number of benzene rings is 2. The fourth-order valence-electron chi connectivity index (χ4n) is 2.02. The van der Waals surface area contributed by atoms with Crippen LogP contribution in [0.25, 0.3) is 16.8 Å². The highest BCUT2D eigenvalue weighted by atomic mass is 35.5. The van der Waals surface area contributed by atoms with Gasteiger partial charge in [-0.15, -0.1) is 0 Å². The third kappa shape index (κ3) is 2.50. The number of rotatable bonds is 2. The molecule has 0 fully saturated rings. The molecular weight excluding hydrogens is 293 g/mol. The van der Waals surface area contributed by atoms with Crippen LogP contribution in [0.1, 0.15) is 0 Å². The molecule has 0 radical (unpaired) electrons. The van der Waals surface area contributed by atoms with Gasteiger partial charge in [-0.1, -0.05) is 53.5 Å². The van der Waals surface area contributed by atoms with Gasteiger partial charge in [-0.25, -0.2) is 0 Å². The summed E-state index contributed by atoms with van der Waals surface area (Å²) in [6, 6.07) is 18.0. The maximum Gasteiger partial charge on any atom is 0.373 e. The van der Waals surface area contributed by atoms with Crippen LogP contribution < -0.4 is 4.57 Å². The van der Waals surface area contributed by atoms with E-state index in [1.807, 2.05) is 54.6 Å². The smallest absolute Gasteiger partial charge is 0.188 e. The molecule has 0 unspecified atom stereocenters. The zero-order chi connectivity index (χ0) is 13.9. The molecule has 3 rings (SSSR count). The summed E-state index contributed by atoms with van der Waals surface area (Å²) in [7, 11) is 0. The number of halogens is 2. The Bertz CT molecular complexity index is 745. The van der Waals surface area contributed by atoms with Crippen LogP contribution in [0.4, 0.5) is 0 Å². The molecule has 0 bridgehead atoms. The van der Waals surface area contributed by atoms with Crippen molar-refractivity contribution in [3.8, 4) is 16.8 Å². The second-order valence-electron chi connectivity index (χ2n) is 4.15. The molecule has 0 N–H and O–H groups in total. The lowest BCUT2D eigenvalue weighted by Crippen LogP contribution is -2.34. The molecule has 5 heteroatoms. The monoisotopic (exact) mass is 302 g/mol. The summed E-state index contributed by atoms with van der Waals surface area (Å²) in [6.45, 7) is 0. The standard InChI is InChI=1S/C15H10Cl2N3/c16-14-18-10-20(15(17)19-14)13-9-5-4-8-12(13)11-6-2-1-3-7-11/h1-10H/q+1. The van der Waals surface area contributed by atoms with E-state index in [0.29, 0.717) is 0 Å². The highest BCUT2D eigenvalue weighted by Crippen LogP contribution is 2.24. The summed E-state index contributed by atoms with van der Waals surface area (Å²) < 4.78 is 1.70. The van der Waals surface area contributed by atoms with Crippen molar-refractivity contribution in [3.05, 3.63) is 71.5 Å². The second kappa shape index (κ2) is 5.57. The van der Waals surface area contributed by atoms with E-state index in [-0.39, 0.29) is 10.6 Å². The molecule has 1 heterocycles. The van der Waals surface area contributed by atoms with Gasteiger partial charge in [0.05, 0.1) is 0 Å². The van der Waals surface area contributed by atoms with E-state index in [4.69, 9.17) is 23.2 Å². The molecule has 1 aromatic heterocycles. The molecule has 0 saturated carbocycles. The van der Waals surface area contributed by atoms with Crippen LogP contribution in [0.2, 0.25) is 10.6 Å². The molecule has 0 atom stereocenters. The third-order valence-electron chi connectivity index (χ3n) is 2.91. The Kier molecular flexibility index (Phi) is 3.63. The van der Waals surface area contributed by atoms with Crippen molar-refractivity contribution in [1.82, 2.24) is 9.97 Å². The summed E-state index contributed by atoms with van der Waals surface area (Å²) in [4.78, 5) is 7.95. The fourth-order valence-corrected chi connectivity index (χ4v) is 2.40. The van der Waals surface area contributed by atoms with E-state index in [1.165, 1.54) is 0 Å². The average molecular weight is 303 g/mol. The minimum atomic E-state index is 0.128. The van der Waals surface area contributed by atoms with E-state index in [2.05, 4.69) is 9.97 Å². The third-order valence-corrected chi connectivity index (χ3v) is 3.36. The maximum atomic E-state index is 6.15. The molecule has 0 amide bonds. The van der Waals surface area contributed by atoms with Gasteiger partial charge in [-0.2, -0.15) is 4.57 Å². The Balaban J connectivity index is 2.20. The molecule has 3 nitrogen and oxygen atoms in total. The van der Waals surface area contributed by atoms with Crippen LogP contribution >= 0.6 is 23.2 Å². The Morgan fingerprint density at radius 1 is 0.850 bits per heavy atom. The van der Waals surface area contributed by atoms with Crippen LogP contribution in [0.15, 0.2) is 60.9 Å². The average Bonchev–Trinajstić information content (AvgIpc) is 2.48. The van der Waals surface area contributed by atoms with Gasteiger partial charge < -0.3 is 0 Å². The molecule has 2 aromatic carbocycles. The van der Waals surface area contributed by atoms with Crippen LogP contribution in [0.3, 0.4) is 0 Å². The summed E-state index contributed by atoms with van der Waals surface area (Å²) in [5.41, 5.74) is 3.05. The highest BCUT2D eigenvalue weighted by molar-refractivity contribution is 6.30. The van der Waals surface area contributed by atoms with E-state index in [1.54, 1.807) is 10.9 Å². The summed E-state index contributed by atoms with van der Waals surface area (Å²) in [5, 5.41) is 0.400. The van der Waals surface area contributed by atoms with E-state index < -0.39 is 0 Å². The predicted molar refractivity (Wildman–Crippen MR) is 79.0 cm³/mol. The maximum absolute atomic E-state index is 6.15. The minimum Gasteiger partial charge on any atom is -0.188 e. The van der Waals surface area contributed by atoms with Crippen LogP contribution in [-0.4, -0.2) is 9.97 Å². The van der Waals surface area contributed by atoms with Crippen molar-refractivity contribution in [2.24, 2.45) is 0 Å². The minimum absolute atomic E-state index is 0.128. The molecule has 3 aromatic rings. The van der Waals surface area contributed by atoms with Gasteiger partial charge in [0.2, 0.25) is 6.33 Å². The number of hydrogen-bond acceptors (Lipinski definition) is 2. The van der Waals surface area contributed by atoms with E-state index in [0.717, 1.165) is 16.8 Å². The van der Waals surface area contributed by atoms with Crippen molar-refractivity contribution < 1.29 is 4.57 Å². The number of aromatic nitrogens is 3. The lowest BCUT2D eigenvalue weighted by molar-refractivity contribution is -0.599. The van der Waals surface area contributed by atoms with Crippen molar-refractivity contribution in [2.75, 3.05) is 0 Å². The van der Waals surface area contributed by atoms with Crippen molar-refractivity contribution >= 4 is 23.2 Å². The summed E-state index contributed by atoms with van der Waals surface area (Å²) >= 11 is 11.9. The second-order valence-corrected chi connectivity index (χ2v) is 4.82. The quantitative estimate of drug-likeness (QED) is 0.675. The first-order valence-corrected chi connectivity index (χ1v) is 6.76. The fraction of sp³-hybridized carbons (Fsp3) is 0. The highest BCUT2D eigenvalue weighted by Gasteiger charge is 2.16. The van der Waals surface area contributed by atoms with Gasteiger partial charge in [0.1, 0.15) is 5.69 Å². The van der Waals surface area contributed by atoms with Gasteiger partial charge in [0.15, 0.2) is 0 Å². The van der Waals surface area contributed by atoms with Crippen molar-refractivity contribution in [1.29, 1.82) is 0 Å². The first-order valence-electron chi connectivity index (χ1n) is 6.00. The normalized spacial score (nSPS) is 10.5. The lowest BCUT2D eigenvalue weighted by atomic mass is 10.0. The predicted octanol–water partition coefficient (Wildman–Crippen LogP) is 3.73. The number of para-hydroxylation sites is 1. The van der Waals surface area contributed by atoms with Crippen LogP contribution in [0, 0.1) is 0 Å². The largest absolute Gasteiger partial charge is 0.373 e. The first kappa shape index (κ1) is 13.0. The van der Waals surface area contributed by atoms with Gasteiger partial charge >= 0.3 is 10.6 Å². The molecule has 20 heavy (non-hydrogen) atoms. The van der Waals surface area contributed by atoms with Crippen LogP contribution in [-0.2, 0) is 0 Å². The molecular formula is C15H10Cl2N3+. The zero-order valence-electron chi connectivity index (χ0n) is 10.4. The van der Waals surface area contributed by atoms with E-state index in [9.17, 15) is 0 Å². The SMILES string of the molecule is Clc1nc[n+](-c2ccccc2-c2ccccc2)c(Cl)n1. The first-order chi connectivity index (χ1) is 9.75. The number of hydrogen-bond donors (Lipinski definition) is 0. The van der Waals surface area contributed by atoms with E-state index >= 15 is 0 Å². The Morgan fingerprint density at radius 2 is 1.55 bits per heavy atom. The van der Waals surface area contributed by atoms with Crippen molar-refractivity contribution in [2.45, 2.75) is 0 Å². The molecule has 0 aliphatic heterocycles. The topological polar surface area (TPSA) is 29.7 Å². The Labute approximate surface area is 126 Å². The zero-order valence-corrected chi connectivity index (χ0v) is 11.9. The molecule has 98 valence electrons. The van der Waals surface area contributed by atoms with Gasteiger partial charge in [-0.05, 0) is 39.8 Å².